The quantitative estimate of drug-likeness (QED) is 0.823. The Hall–Kier alpha value is -0.890. The normalized spacial score (nSPS) is 13.9. The Labute approximate surface area is 97.3 Å². The number of rotatable bonds is 3. The smallest absolute Gasteiger partial charge is 0.126 e. The Morgan fingerprint density at radius 3 is 2.50 bits per heavy atom. The van der Waals surface area contributed by atoms with Crippen LogP contribution in [0.25, 0.3) is 0 Å². The van der Waals surface area contributed by atoms with E-state index in [4.69, 9.17) is 0 Å². The molecule has 1 aromatic carbocycles. The minimum Gasteiger partial charge on any atom is -0.388 e. The lowest BCUT2D eigenvalue weighted by atomic mass is 9.87. The van der Waals surface area contributed by atoms with E-state index in [-0.39, 0.29) is 11.2 Å². The van der Waals surface area contributed by atoms with Crippen molar-refractivity contribution in [2.75, 3.05) is 0 Å². The largest absolute Gasteiger partial charge is 0.388 e. The molecule has 0 heterocycles. The summed E-state index contributed by atoms with van der Waals surface area (Å²) < 4.78 is 13.3. The van der Waals surface area contributed by atoms with Crippen molar-refractivity contribution in [2.24, 2.45) is 5.41 Å². The summed E-state index contributed by atoms with van der Waals surface area (Å²) in [5.41, 5.74) is 1.47. The molecule has 0 aliphatic carbocycles. The van der Waals surface area contributed by atoms with Crippen LogP contribution in [0.1, 0.15) is 50.8 Å². The fraction of sp³-hybridized carbons (Fsp3) is 0.571. The van der Waals surface area contributed by atoms with E-state index in [1.807, 2.05) is 0 Å². The minimum absolute atomic E-state index is 0.197. The van der Waals surface area contributed by atoms with Crippen LogP contribution in [0.2, 0.25) is 0 Å². The van der Waals surface area contributed by atoms with Crippen LogP contribution in [0.15, 0.2) is 18.2 Å². The van der Waals surface area contributed by atoms with Crippen molar-refractivity contribution in [1.29, 1.82) is 0 Å². The molecule has 2 heteroatoms. The van der Waals surface area contributed by atoms with Gasteiger partial charge in [-0.2, -0.15) is 0 Å². The second-order valence-corrected chi connectivity index (χ2v) is 5.57. The second-order valence-electron chi connectivity index (χ2n) is 5.57. The summed E-state index contributed by atoms with van der Waals surface area (Å²) in [6, 6.07) is 4.87. The van der Waals surface area contributed by atoms with Crippen molar-refractivity contribution < 1.29 is 9.50 Å². The Bertz CT molecular complexity index is 352. The molecule has 90 valence electrons. The Morgan fingerprint density at radius 1 is 1.31 bits per heavy atom. The van der Waals surface area contributed by atoms with Crippen LogP contribution in [-0.4, -0.2) is 5.11 Å². The van der Waals surface area contributed by atoms with Gasteiger partial charge in [-0.1, -0.05) is 32.9 Å². The van der Waals surface area contributed by atoms with Gasteiger partial charge in [0.25, 0.3) is 0 Å². The fourth-order valence-electron chi connectivity index (χ4n) is 1.71. The van der Waals surface area contributed by atoms with Crippen LogP contribution < -0.4 is 0 Å². The zero-order valence-corrected chi connectivity index (χ0v) is 10.5. The van der Waals surface area contributed by atoms with E-state index in [1.165, 1.54) is 6.07 Å². The molecule has 0 saturated heterocycles. The lowest BCUT2D eigenvalue weighted by molar-refractivity contribution is 0.146. The first-order valence-electron chi connectivity index (χ1n) is 5.74. The monoisotopic (exact) mass is 224 g/mol. The standard InChI is InChI=1S/C14H21FO/c1-10-11(6-5-7-12(10)15)13(16)8-9-14(2,3)4/h5-7,13,16H,8-9H2,1-4H3/t13-/m0/s1. The van der Waals surface area contributed by atoms with Crippen molar-refractivity contribution in [3.63, 3.8) is 0 Å². The highest BCUT2D eigenvalue weighted by molar-refractivity contribution is 5.29. The van der Waals surface area contributed by atoms with Gasteiger partial charge in [0, 0.05) is 0 Å². The number of hydrogen-bond acceptors (Lipinski definition) is 1. The number of hydrogen-bond donors (Lipinski definition) is 1. The first kappa shape index (κ1) is 13.2. The molecule has 0 radical (unpaired) electrons. The van der Waals surface area contributed by atoms with Crippen molar-refractivity contribution >= 4 is 0 Å². The molecule has 0 aromatic heterocycles. The van der Waals surface area contributed by atoms with Crippen molar-refractivity contribution in [2.45, 2.75) is 46.6 Å². The lowest BCUT2D eigenvalue weighted by Gasteiger charge is -2.21. The molecule has 1 rings (SSSR count). The zero-order chi connectivity index (χ0) is 12.3. The molecule has 0 fully saturated rings. The highest BCUT2D eigenvalue weighted by atomic mass is 19.1. The third kappa shape index (κ3) is 3.60. The molecule has 1 atom stereocenters. The van der Waals surface area contributed by atoms with Gasteiger partial charge in [-0.3, -0.25) is 0 Å². The number of halogens is 1. The van der Waals surface area contributed by atoms with Crippen LogP contribution in [0.5, 0.6) is 0 Å². The molecular formula is C14H21FO. The average Bonchev–Trinajstić information content (AvgIpc) is 2.17. The Morgan fingerprint density at radius 2 is 1.94 bits per heavy atom. The van der Waals surface area contributed by atoms with E-state index in [9.17, 15) is 9.50 Å². The molecular weight excluding hydrogens is 203 g/mol. The molecule has 0 saturated carbocycles. The van der Waals surface area contributed by atoms with Crippen molar-refractivity contribution in [3.8, 4) is 0 Å². The SMILES string of the molecule is Cc1c(F)cccc1[C@@H](O)CCC(C)(C)C. The Balaban J connectivity index is 2.73. The molecule has 0 spiro atoms. The first-order valence-corrected chi connectivity index (χ1v) is 5.74. The van der Waals surface area contributed by atoms with Crippen LogP contribution in [0.3, 0.4) is 0 Å². The predicted octanol–water partition coefficient (Wildman–Crippen LogP) is 3.99. The van der Waals surface area contributed by atoms with E-state index in [0.717, 1.165) is 6.42 Å². The van der Waals surface area contributed by atoms with E-state index >= 15 is 0 Å². The van der Waals surface area contributed by atoms with E-state index in [0.29, 0.717) is 17.5 Å². The molecule has 0 aliphatic rings. The maximum Gasteiger partial charge on any atom is 0.126 e. The van der Waals surface area contributed by atoms with Crippen molar-refractivity contribution in [3.05, 3.63) is 35.1 Å². The lowest BCUT2D eigenvalue weighted by Crippen LogP contribution is -2.09. The third-order valence-corrected chi connectivity index (χ3v) is 2.84. The molecule has 0 aliphatic heterocycles. The average molecular weight is 224 g/mol. The molecule has 1 aromatic rings. The van der Waals surface area contributed by atoms with Gasteiger partial charge in [-0.25, -0.2) is 4.39 Å². The van der Waals surface area contributed by atoms with Gasteiger partial charge in [0.1, 0.15) is 5.82 Å². The van der Waals surface area contributed by atoms with Gasteiger partial charge < -0.3 is 5.11 Å². The zero-order valence-electron chi connectivity index (χ0n) is 10.5. The fourth-order valence-corrected chi connectivity index (χ4v) is 1.71. The minimum atomic E-state index is -0.560. The highest BCUT2D eigenvalue weighted by Gasteiger charge is 2.17. The summed E-state index contributed by atoms with van der Waals surface area (Å²) in [5.74, 6) is -0.243. The number of benzene rings is 1. The van der Waals surface area contributed by atoms with Gasteiger partial charge in [0.15, 0.2) is 0 Å². The third-order valence-electron chi connectivity index (χ3n) is 2.84. The van der Waals surface area contributed by atoms with Crippen LogP contribution in [-0.2, 0) is 0 Å². The van der Waals surface area contributed by atoms with Gasteiger partial charge in [-0.15, -0.1) is 0 Å². The molecule has 1 N–H and O–H groups in total. The highest BCUT2D eigenvalue weighted by Crippen LogP contribution is 2.29. The maximum atomic E-state index is 13.3. The number of aliphatic hydroxyl groups excluding tert-OH is 1. The van der Waals surface area contributed by atoms with Crippen molar-refractivity contribution in [1.82, 2.24) is 0 Å². The number of aliphatic hydroxyl groups is 1. The summed E-state index contributed by atoms with van der Waals surface area (Å²) in [5, 5.41) is 10.0. The van der Waals surface area contributed by atoms with Crippen LogP contribution >= 0.6 is 0 Å². The molecule has 0 amide bonds. The summed E-state index contributed by atoms with van der Waals surface area (Å²) in [6.07, 6.45) is 1.03. The molecule has 0 bridgehead atoms. The predicted molar refractivity (Wildman–Crippen MR) is 64.8 cm³/mol. The van der Waals surface area contributed by atoms with Gasteiger partial charge in [0.2, 0.25) is 0 Å². The maximum absolute atomic E-state index is 13.3. The molecule has 0 unspecified atom stereocenters. The molecule has 16 heavy (non-hydrogen) atoms. The topological polar surface area (TPSA) is 20.2 Å². The van der Waals surface area contributed by atoms with Gasteiger partial charge in [0.05, 0.1) is 6.10 Å². The van der Waals surface area contributed by atoms with Gasteiger partial charge in [-0.05, 0) is 42.4 Å². The van der Waals surface area contributed by atoms with E-state index < -0.39 is 6.10 Å². The molecule has 1 nitrogen and oxygen atoms in total. The Kier molecular flexibility index (Phi) is 4.09. The van der Waals surface area contributed by atoms with Crippen LogP contribution in [0, 0.1) is 18.2 Å². The van der Waals surface area contributed by atoms with Crippen LogP contribution in [0.4, 0.5) is 4.39 Å². The van der Waals surface area contributed by atoms with E-state index in [2.05, 4.69) is 20.8 Å². The summed E-state index contributed by atoms with van der Waals surface area (Å²) in [6.45, 7) is 8.12. The van der Waals surface area contributed by atoms with E-state index in [1.54, 1.807) is 19.1 Å². The summed E-state index contributed by atoms with van der Waals surface area (Å²) in [4.78, 5) is 0. The second kappa shape index (κ2) is 4.96. The summed E-state index contributed by atoms with van der Waals surface area (Å²) >= 11 is 0. The summed E-state index contributed by atoms with van der Waals surface area (Å²) in [7, 11) is 0. The van der Waals surface area contributed by atoms with Gasteiger partial charge >= 0.3 is 0 Å². The first-order chi connectivity index (χ1) is 7.31.